The Morgan fingerprint density at radius 3 is 3.05 bits per heavy atom. The monoisotopic (exact) mass is 258 g/mol. The number of azide groups is 1. The van der Waals surface area contributed by atoms with Crippen LogP contribution in [0.4, 0.5) is 0 Å². The lowest BCUT2D eigenvalue weighted by Crippen LogP contribution is -2.24. The average Bonchev–Trinajstić information content (AvgIpc) is 2.86. The second kappa shape index (κ2) is 6.47. The third kappa shape index (κ3) is 3.26. The van der Waals surface area contributed by atoms with Crippen LogP contribution in [-0.2, 0) is 0 Å². The number of carbonyl (C=O) groups excluding carboxylic acids is 1. The van der Waals surface area contributed by atoms with Gasteiger partial charge in [0.15, 0.2) is 0 Å². The molecule has 1 heterocycles. The molecule has 0 aliphatic carbocycles. The average molecular weight is 258 g/mol. The number of nitrogens with one attached hydrogen (secondary N) is 1. The predicted molar refractivity (Wildman–Crippen MR) is 71.8 cm³/mol. The first-order valence-electron chi connectivity index (χ1n) is 6.08. The lowest BCUT2D eigenvalue weighted by molar-refractivity contribution is 0.0954. The summed E-state index contributed by atoms with van der Waals surface area (Å²) in [6, 6.07) is 7.42. The fourth-order valence-corrected chi connectivity index (χ4v) is 1.80. The highest BCUT2D eigenvalue weighted by Gasteiger charge is 2.12. The first-order valence-corrected chi connectivity index (χ1v) is 6.08. The van der Waals surface area contributed by atoms with Crippen molar-refractivity contribution >= 4 is 16.9 Å². The molecule has 98 valence electrons. The van der Waals surface area contributed by atoms with Crippen LogP contribution in [0, 0.1) is 0 Å². The molecular weight excluding hydrogens is 244 g/mol. The molecule has 0 radical (unpaired) electrons. The molecule has 6 nitrogen and oxygen atoms in total. The lowest BCUT2D eigenvalue weighted by Gasteiger charge is -2.02. The quantitative estimate of drug-likeness (QED) is 0.373. The van der Waals surface area contributed by atoms with Crippen molar-refractivity contribution in [2.75, 3.05) is 13.1 Å². The van der Waals surface area contributed by atoms with E-state index in [1.807, 2.05) is 24.3 Å². The van der Waals surface area contributed by atoms with Crippen LogP contribution in [0.15, 0.2) is 40.1 Å². The number of hydrogen-bond acceptors (Lipinski definition) is 3. The van der Waals surface area contributed by atoms with Crippen LogP contribution < -0.4 is 5.32 Å². The van der Waals surface area contributed by atoms with Gasteiger partial charge in [-0.1, -0.05) is 23.3 Å². The topological polar surface area (TPSA) is 91.0 Å². The highest BCUT2D eigenvalue weighted by molar-refractivity contribution is 6.05. The highest BCUT2D eigenvalue weighted by Crippen LogP contribution is 2.20. The standard InChI is InChI=1S/C13H14N4O2/c14-17-16-8-4-3-7-15-13(18)11-9-19-12-6-2-1-5-10(11)12/h1-2,5-6,9H,3-4,7-8H2,(H,15,18). The Kier molecular flexibility index (Phi) is 4.42. The SMILES string of the molecule is [N-]=[N+]=NCCCCNC(=O)c1coc2ccccc12. The molecule has 0 saturated heterocycles. The number of para-hydroxylation sites is 1. The molecular formula is C13H14N4O2. The van der Waals surface area contributed by atoms with Crippen molar-refractivity contribution < 1.29 is 9.21 Å². The predicted octanol–water partition coefficient (Wildman–Crippen LogP) is 3.25. The molecule has 0 fully saturated rings. The molecule has 0 saturated carbocycles. The summed E-state index contributed by atoms with van der Waals surface area (Å²) < 4.78 is 5.31. The molecule has 6 heteroatoms. The van der Waals surface area contributed by atoms with Crippen molar-refractivity contribution in [1.82, 2.24) is 5.32 Å². The molecule has 1 aromatic carbocycles. The summed E-state index contributed by atoms with van der Waals surface area (Å²) in [7, 11) is 0. The molecule has 0 bridgehead atoms. The molecule has 0 atom stereocenters. The smallest absolute Gasteiger partial charge is 0.255 e. The van der Waals surface area contributed by atoms with E-state index < -0.39 is 0 Å². The van der Waals surface area contributed by atoms with Gasteiger partial charge < -0.3 is 9.73 Å². The van der Waals surface area contributed by atoms with E-state index in [0.717, 1.165) is 18.2 Å². The van der Waals surface area contributed by atoms with Crippen LogP contribution in [-0.4, -0.2) is 19.0 Å². The van der Waals surface area contributed by atoms with Crippen LogP contribution in [0.25, 0.3) is 21.4 Å². The normalized spacial score (nSPS) is 10.1. The van der Waals surface area contributed by atoms with Crippen LogP contribution in [0.1, 0.15) is 23.2 Å². The summed E-state index contributed by atoms with van der Waals surface area (Å²) >= 11 is 0. The van der Waals surface area contributed by atoms with Crippen molar-refractivity contribution in [3.05, 3.63) is 46.5 Å². The molecule has 19 heavy (non-hydrogen) atoms. The number of fused-ring (bicyclic) bond motifs is 1. The zero-order valence-electron chi connectivity index (χ0n) is 10.4. The van der Waals surface area contributed by atoms with Gasteiger partial charge in [0, 0.05) is 23.4 Å². The number of benzene rings is 1. The maximum absolute atomic E-state index is 12.0. The van der Waals surface area contributed by atoms with E-state index in [1.54, 1.807) is 0 Å². The van der Waals surface area contributed by atoms with E-state index in [2.05, 4.69) is 15.3 Å². The molecule has 2 aromatic rings. The summed E-state index contributed by atoms with van der Waals surface area (Å²) in [5, 5.41) is 7.07. The van der Waals surface area contributed by atoms with E-state index in [9.17, 15) is 4.79 Å². The van der Waals surface area contributed by atoms with Crippen LogP contribution in [0.3, 0.4) is 0 Å². The van der Waals surface area contributed by atoms with E-state index in [0.29, 0.717) is 24.2 Å². The maximum atomic E-state index is 12.0. The first-order chi connectivity index (χ1) is 9.33. The molecule has 0 unspecified atom stereocenters. The summed E-state index contributed by atoms with van der Waals surface area (Å²) in [6.07, 6.45) is 3.01. The molecule has 1 amide bonds. The third-order valence-electron chi connectivity index (χ3n) is 2.76. The van der Waals surface area contributed by atoms with Gasteiger partial charge in [-0.2, -0.15) is 0 Å². The van der Waals surface area contributed by atoms with Gasteiger partial charge in [0.2, 0.25) is 0 Å². The second-order valence-electron chi connectivity index (χ2n) is 4.06. The van der Waals surface area contributed by atoms with Gasteiger partial charge in [0.05, 0.1) is 5.56 Å². The van der Waals surface area contributed by atoms with Crippen molar-refractivity contribution in [2.45, 2.75) is 12.8 Å². The Morgan fingerprint density at radius 1 is 1.37 bits per heavy atom. The Balaban J connectivity index is 1.88. The third-order valence-corrected chi connectivity index (χ3v) is 2.76. The lowest BCUT2D eigenvalue weighted by atomic mass is 10.1. The number of rotatable bonds is 6. The largest absolute Gasteiger partial charge is 0.463 e. The summed E-state index contributed by atoms with van der Waals surface area (Å²) in [5.41, 5.74) is 9.37. The minimum Gasteiger partial charge on any atom is -0.463 e. The number of unbranched alkanes of at least 4 members (excludes halogenated alkanes) is 1. The van der Waals surface area contributed by atoms with Gasteiger partial charge in [-0.05, 0) is 24.4 Å². The van der Waals surface area contributed by atoms with Gasteiger partial charge >= 0.3 is 0 Å². The molecule has 1 N–H and O–H groups in total. The van der Waals surface area contributed by atoms with Crippen LogP contribution >= 0.6 is 0 Å². The molecule has 0 aliphatic heterocycles. The van der Waals surface area contributed by atoms with Crippen molar-refractivity contribution in [2.24, 2.45) is 5.11 Å². The summed E-state index contributed by atoms with van der Waals surface area (Å²) in [5.74, 6) is -0.145. The Bertz CT molecular complexity index is 614. The fraction of sp³-hybridized carbons (Fsp3) is 0.308. The van der Waals surface area contributed by atoms with Gasteiger partial charge in [-0.25, -0.2) is 0 Å². The van der Waals surface area contributed by atoms with Crippen LogP contribution in [0.2, 0.25) is 0 Å². The fourth-order valence-electron chi connectivity index (χ4n) is 1.80. The number of nitrogens with zero attached hydrogens (tertiary/aromatic N) is 3. The number of furan rings is 1. The second-order valence-corrected chi connectivity index (χ2v) is 4.06. The van der Waals surface area contributed by atoms with E-state index in [1.165, 1.54) is 6.26 Å². The minimum atomic E-state index is -0.145. The highest BCUT2D eigenvalue weighted by atomic mass is 16.3. The molecule has 0 aliphatic rings. The van der Waals surface area contributed by atoms with Gasteiger partial charge in [0.25, 0.3) is 5.91 Å². The van der Waals surface area contributed by atoms with Crippen molar-refractivity contribution in [1.29, 1.82) is 0 Å². The number of amides is 1. The van der Waals surface area contributed by atoms with Crippen molar-refractivity contribution in [3.8, 4) is 0 Å². The Labute approximate surface area is 110 Å². The zero-order valence-corrected chi connectivity index (χ0v) is 10.4. The molecule has 2 rings (SSSR count). The number of hydrogen-bond donors (Lipinski definition) is 1. The Morgan fingerprint density at radius 2 is 2.21 bits per heavy atom. The Hall–Kier alpha value is -2.46. The van der Waals surface area contributed by atoms with Crippen LogP contribution in [0.5, 0.6) is 0 Å². The molecule has 0 spiro atoms. The van der Waals surface area contributed by atoms with Gasteiger partial charge in [-0.3, -0.25) is 4.79 Å². The first kappa shape index (κ1) is 13.0. The summed E-state index contributed by atoms with van der Waals surface area (Å²) in [4.78, 5) is 14.6. The van der Waals surface area contributed by atoms with E-state index in [4.69, 9.17) is 9.95 Å². The number of carbonyl (C=O) groups is 1. The van der Waals surface area contributed by atoms with Crippen molar-refractivity contribution in [3.63, 3.8) is 0 Å². The van der Waals surface area contributed by atoms with Gasteiger partial charge in [-0.15, -0.1) is 0 Å². The summed E-state index contributed by atoms with van der Waals surface area (Å²) in [6.45, 7) is 1.01. The maximum Gasteiger partial charge on any atom is 0.255 e. The van der Waals surface area contributed by atoms with E-state index >= 15 is 0 Å². The van der Waals surface area contributed by atoms with Gasteiger partial charge in [0.1, 0.15) is 11.8 Å². The molecule has 1 aromatic heterocycles. The minimum absolute atomic E-state index is 0.145. The zero-order chi connectivity index (χ0) is 13.5. The van der Waals surface area contributed by atoms with E-state index in [-0.39, 0.29) is 5.91 Å².